The van der Waals surface area contributed by atoms with E-state index in [0.717, 1.165) is 11.1 Å². The first-order chi connectivity index (χ1) is 15.8. The number of hydrogen-bond donors (Lipinski definition) is 1. The topological polar surface area (TPSA) is 86.3 Å². The van der Waals surface area contributed by atoms with E-state index in [0.29, 0.717) is 34.1 Å². The third-order valence-corrected chi connectivity index (χ3v) is 5.67. The minimum atomic E-state index is -0.745. The summed E-state index contributed by atoms with van der Waals surface area (Å²) in [5.41, 5.74) is 3.62. The molecule has 1 aliphatic rings. The maximum atomic E-state index is 13.1. The fourth-order valence-electron chi connectivity index (χ4n) is 3.62. The second kappa shape index (κ2) is 10.3. The molecule has 1 heterocycles. The number of benzene rings is 2. The van der Waals surface area contributed by atoms with Gasteiger partial charge in [0.25, 0.3) is 0 Å². The number of methoxy groups -OCH3 is 2. The molecule has 2 aromatic carbocycles. The Hall–Kier alpha value is -3.68. The Labute approximate surface area is 194 Å². The van der Waals surface area contributed by atoms with E-state index in [1.165, 1.54) is 12.0 Å². The van der Waals surface area contributed by atoms with Gasteiger partial charge in [0.2, 0.25) is 0 Å². The van der Waals surface area contributed by atoms with Gasteiger partial charge in [-0.2, -0.15) is 0 Å². The van der Waals surface area contributed by atoms with Gasteiger partial charge < -0.3 is 24.3 Å². The fraction of sp³-hybridized carbons (Fsp3) is 0.360. The predicted octanol–water partition coefficient (Wildman–Crippen LogP) is 3.91. The lowest BCUT2D eigenvalue weighted by Crippen LogP contribution is -2.48. The van der Waals surface area contributed by atoms with Gasteiger partial charge in [0.1, 0.15) is 12.4 Å². The van der Waals surface area contributed by atoms with Gasteiger partial charge in [-0.1, -0.05) is 12.1 Å². The van der Waals surface area contributed by atoms with Crippen LogP contribution in [0.3, 0.4) is 0 Å². The minimum Gasteiger partial charge on any atom is -0.493 e. The molecule has 2 amide bonds. The SMILES string of the molecule is CCOC(=O)C1=C(COc2ccc(C)c(C)c2)N(C)C(=O)N[C@@H]1c1ccc(OC)c(OC)c1. The third-order valence-electron chi connectivity index (χ3n) is 5.67. The first-order valence-electron chi connectivity index (χ1n) is 10.7. The zero-order chi connectivity index (χ0) is 24.1. The average Bonchev–Trinajstić information content (AvgIpc) is 2.81. The van der Waals surface area contributed by atoms with Crippen molar-refractivity contribution in [2.45, 2.75) is 26.8 Å². The molecule has 0 saturated carbocycles. The number of rotatable bonds is 8. The Balaban J connectivity index is 2.06. The third kappa shape index (κ3) is 5.05. The first kappa shape index (κ1) is 24.0. The minimum absolute atomic E-state index is 0.0182. The van der Waals surface area contributed by atoms with E-state index in [9.17, 15) is 9.59 Å². The molecule has 0 spiro atoms. The van der Waals surface area contributed by atoms with Crippen LogP contribution in [0.4, 0.5) is 4.79 Å². The van der Waals surface area contributed by atoms with E-state index < -0.39 is 12.0 Å². The van der Waals surface area contributed by atoms with Gasteiger partial charge in [0, 0.05) is 7.05 Å². The second-order valence-corrected chi connectivity index (χ2v) is 7.67. The number of carbonyl (C=O) groups is 2. The molecule has 0 aromatic heterocycles. The predicted molar refractivity (Wildman–Crippen MR) is 124 cm³/mol. The summed E-state index contributed by atoms with van der Waals surface area (Å²) in [6.07, 6.45) is 0. The molecule has 1 aliphatic heterocycles. The van der Waals surface area contributed by atoms with Crippen molar-refractivity contribution in [2.75, 3.05) is 34.5 Å². The van der Waals surface area contributed by atoms with Gasteiger partial charge in [0.15, 0.2) is 11.5 Å². The van der Waals surface area contributed by atoms with Crippen molar-refractivity contribution < 1.29 is 28.5 Å². The van der Waals surface area contributed by atoms with Crippen LogP contribution in [-0.2, 0) is 9.53 Å². The summed E-state index contributed by atoms with van der Waals surface area (Å²) < 4.78 is 22.1. The van der Waals surface area contributed by atoms with Gasteiger partial charge in [-0.05, 0) is 61.7 Å². The normalized spacial score (nSPS) is 15.8. The van der Waals surface area contributed by atoms with Crippen LogP contribution in [0, 0.1) is 13.8 Å². The van der Waals surface area contributed by atoms with Crippen molar-refractivity contribution in [1.82, 2.24) is 10.2 Å². The molecule has 8 nitrogen and oxygen atoms in total. The van der Waals surface area contributed by atoms with E-state index in [1.807, 2.05) is 32.0 Å². The van der Waals surface area contributed by atoms with Crippen molar-refractivity contribution in [3.05, 3.63) is 64.4 Å². The van der Waals surface area contributed by atoms with E-state index >= 15 is 0 Å². The molecule has 0 saturated heterocycles. The number of likely N-dealkylation sites (N-methyl/N-ethyl adjacent to an activating group) is 1. The maximum absolute atomic E-state index is 13.1. The summed E-state index contributed by atoms with van der Waals surface area (Å²) in [4.78, 5) is 27.3. The van der Waals surface area contributed by atoms with Crippen molar-refractivity contribution >= 4 is 12.0 Å². The lowest BCUT2D eigenvalue weighted by molar-refractivity contribution is -0.139. The molecule has 176 valence electrons. The zero-order valence-corrected chi connectivity index (χ0v) is 19.9. The van der Waals surface area contributed by atoms with Crippen molar-refractivity contribution in [1.29, 1.82) is 0 Å². The van der Waals surface area contributed by atoms with Crippen LogP contribution < -0.4 is 19.5 Å². The summed E-state index contributed by atoms with van der Waals surface area (Å²) in [6, 6.07) is 9.89. The van der Waals surface area contributed by atoms with Crippen LogP contribution in [0.5, 0.6) is 17.2 Å². The lowest BCUT2D eigenvalue weighted by Gasteiger charge is -2.34. The van der Waals surface area contributed by atoms with Crippen molar-refractivity contribution in [2.24, 2.45) is 0 Å². The smallest absolute Gasteiger partial charge is 0.338 e. The van der Waals surface area contributed by atoms with E-state index in [4.69, 9.17) is 18.9 Å². The van der Waals surface area contributed by atoms with Crippen LogP contribution >= 0.6 is 0 Å². The largest absolute Gasteiger partial charge is 0.493 e. The summed E-state index contributed by atoms with van der Waals surface area (Å²) >= 11 is 0. The molecule has 0 unspecified atom stereocenters. The highest BCUT2D eigenvalue weighted by Gasteiger charge is 2.37. The van der Waals surface area contributed by atoms with Gasteiger partial charge in [0.05, 0.1) is 38.1 Å². The number of nitrogens with one attached hydrogen (secondary N) is 1. The molecule has 1 atom stereocenters. The molecule has 0 fully saturated rings. The number of ether oxygens (including phenoxy) is 4. The summed E-state index contributed by atoms with van der Waals surface area (Å²) in [5, 5.41) is 2.88. The molecule has 0 radical (unpaired) electrons. The Kier molecular flexibility index (Phi) is 7.48. The number of amides is 2. The number of carbonyl (C=O) groups excluding carboxylic acids is 2. The van der Waals surface area contributed by atoms with Crippen LogP contribution in [0.1, 0.15) is 29.7 Å². The molecular weight excluding hydrogens is 424 g/mol. The number of aryl methyl sites for hydroxylation is 2. The van der Waals surface area contributed by atoms with Crippen LogP contribution in [0.25, 0.3) is 0 Å². The van der Waals surface area contributed by atoms with Crippen LogP contribution in [0.2, 0.25) is 0 Å². The summed E-state index contributed by atoms with van der Waals surface area (Å²) in [6.45, 7) is 5.97. The van der Waals surface area contributed by atoms with Gasteiger partial charge in [-0.15, -0.1) is 0 Å². The molecular formula is C25H30N2O6. The van der Waals surface area contributed by atoms with Gasteiger partial charge in [-0.3, -0.25) is 4.90 Å². The van der Waals surface area contributed by atoms with E-state index in [1.54, 1.807) is 39.3 Å². The molecule has 33 heavy (non-hydrogen) atoms. The Morgan fingerprint density at radius 1 is 1.03 bits per heavy atom. The number of hydrogen-bond acceptors (Lipinski definition) is 6. The lowest BCUT2D eigenvalue weighted by atomic mass is 9.94. The second-order valence-electron chi connectivity index (χ2n) is 7.67. The average molecular weight is 455 g/mol. The Morgan fingerprint density at radius 2 is 1.76 bits per heavy atom. The zero-order valence-electron chi connectivity index (χ0n) is 19.9. The molecule has 3 rings (SSSR count). The molecule has 0 aliphatic carbocycles. The van der Waals surface area contributed by atoms with Crippen molar-refractivity contribution in [3.63, 3.8) is 0 Å². The van der Waals surface area contributed by atoms with Crippen molar-refractivity contribution in [3.8, 4) is 17.2 Å². The Morgan fingerprint density at radius 3 is 2.39 bits per heavy atom. The Bertz CT molecular complexity index is 1080. The number of urea groups is 1. The molecule has 2 aromatic rings. The highest BCUT2D eigenvalue weighted by molar-refractivity contribution is 5.95. The quantitative estimate of drug-likeness (QED) is 0.609. The highest BCUT2D eigenvalue weighted by Crippen LogP contribution is 2.36. The van der Waals surface area contributed by atoms with E-state index in [-0.39, 0.29) is 19.2 Å². The van der Waals surface area contributed by atoms with Gasteiger partial charge in [-0.25, -0.2) is 9.59 Å². The first-order valence-corrected chi connectivity index (χ1v) is 10.7. The fourth-order valence-corrected chi connectivity index (χ4v) is 3.62. The monoisotopic (exact) mass is 454 g/mol. The van der Waals surface area contributed by atoms with Gasteiger partial charge >= 0.3 is 12.0 Å². The number of nitrogens with zero attached hydrogens (tertiary/aromatic N) is 1. The number of esters is 1. The molecule has 0 bridgehead atoms. The van der Waals surface area contributed by atoms with Crippen LogP contribution in [-0.4, -0.2) is 51.4 Å². The standard InChI is InChI=1S/C25H30N2O6/c1-7-32-24(28)22-19(14-33-18-10-8-15(2)16(3)12-18)27(4)25(29)26-23(22)17-9-11-20(30-5)21(13-17)31-6/h8-13,23H,7,14H2,1-6H3,(H,26,29)/t23-/m1/s1. The van der Waals surface area contributed by atoms with Crippen LogP contribution in [0.15, 0.2) is 47.7 Å². The highest BCUT2D eigenvalue weighted by atomic mass is 16.5. The summed E-state index contributed by atoms with van der Waals surface area (Å²) in [5.74, 6) is 1.15. The molecule has 1 N–H and O–H groups in total. The molecule has 8 heteroatoms. The maximum Gasteiger partial charge on any atom is 0.338 e. The van der Waals surface area contributed by atoms with E-state index in [2.05, 4.69) is 5.32 Å². The summed E-state index contributed by atoms with van der Waals surface area (Å²) in [7, 11) is 4.67.